The van der Waals surface area contributed by atoms with Gasteiger partial charge in [-0.1, -0.05) is 6.07 Å². The average Bonchev–Trinajstić information content (AvgIpc) is 3.27. The SMILES string of the molecule is Cn1ccnc1CN(C(=O)c1cccc(OC(F)F)c1)C1CC1. The Labute approximate surface area is 132 Å². The van der Waals surface area contributed by atoms with Gasteiger partial charge in [0.2, 0.25) is 0 Å². The van der Waals surface area contributed by atoms with Crippen molar-refractivity contribution in [3.05, 3.63) is 48.0 Å². The molecule has 0 aliphatic heterocycles. The first-order chi connectivity index (χ1) is 11.0. The fraction of sp³-hybridized carbons (Fsp3) is 0.375. The van der Waals surface area contributed by atoms with E-state index in [0.717, 1.165) is 18.7 Å². The molecule has 0 N–H and O–H groups in total. The topological polar surface area (TPSA) is 47.4 Å². The summed E-state index contributed by atoms with van der Waals surface area (Å²) in [6.07, 6.45) is 5.40. The van der Waals surface area contributed by atoms with Crippen LogP contribution in [0.5, 0.6) is 5.75 Å². The number of hydrogen-bond donors (Lipinski definition) is 0. The second-order valence-electron chi connectivity index (χ2n) is 5.52. The van der Waals surface area contributed by atoms with Crippen LogP contribution in [0.4, 0.5) is 8.78 Å². The van der Waals surface area contributed by atoms with Crippen molar-refractivity contribution in [1.82, 2.24) is 14.5 Å². The molecule has 3 rings (SSSR count). The summed E-state index contributed by atoms with van der Waals surface area (Å²) in [6.45, 7) is -2.51. The third kappa shape index (κ3) is 3.67. The molecular formula is C16H17F2N3O2. The van der Waals surface area contributed by atoms with E-state index >= 15 is 0 Å². The third-order valence-electron chi connectivity index (χ3n) is 3.79. The van der Waals surface area contributed by atoms with Gasteiger partial charge < -0.3 is 14.2 Å². The molecule has 0 spiro atoms. The van der Waals surface area contributed by atoms with Crippen LogP contribution in [0.2, 0.25) is 0 Å². The third-order valence-corrected chi connectivity index (χ3v) is 3.79. The van der Waals surface area contributed by atoms with E-state index in [1.807, 2.05) is 17.8 Å². The van der Waals surface area contributed by atoms with Crippen LogP contribution < -0.4 is 4.74 Å². The highest BCUT2D eigenvalue weighted by molar-refractivity contribution is 5.95. The zero-order chi connectivity index (χ0) is 16.4. The second kappa shape index (κ2) is 6.36. The molecule has 1 aromatic carbocycles. The van der Waals surface area contributed by atoms with Crippen molar-refractivity contribution in [1.29, 1.82) is 0 Å². The van der Waals surface area contributed by atoms with Crippen LogP contribution in [-0.2, 0) is 13.6 Å². The van der Waals surface area contributed by atoms with Crippen LogP contribution in [0.1, 0.15) is 29.0 Å². The lowest BCUT2D eigenvalue weighted by Crippen LogP contribution is -2.33. The summed E-state index contributed by atoms with van der Waals surface area (Å²) in [5.41, 5.74) is 0.337. The fourth-order valence-electron chi connectivity index (χ4n) is 2.43. The van der Waals surface area contributed by atoms with Crippen molar-refractivity contribution < 1.29 is 18.3 Å². The lowest BCUT2D eigenvalue weighted by molar-refractivity contribution is -0.0499. The van der Waals surface area contributed by atoms with Gasteiger partial charge in [-0.2, -0.15) is 8.78 Å². The summed E-state index contributed by atoms with van der Waals surface area (Å²) in [7, 11) is 1.87. The Morgan fingerprint density at radius 3 is 2.87 bits per heavy atom. The monoisotopic (exact) mass is 321 g/mol. The molecule has 1 aliphatic carbocycles. The first kappa shape index (κ1) is 15.5. The number of carbonyl (C=O) groups excluding carboxylic acids is 1. The molecule has 1 saturated carbocycles. The van der Waals surface area contributed by atoms with Gasteiger partial charge in [0.1, 0.15) is 11.6 Å². The number of aromatic nitrogens is 2. The normalized spacial score (nSPS) is 14.1. The Bertz CT molecular complexity index is 698. The van der Waals surface area contributed by atoms with Gasteiger partial charge in [0, 0.05) is 31.0 Å². The van der Waals surface area contributed by atoms with Crippen molar-refractivity contribution >= 4 is 5.91 Å². The van der Waals surface area contributed by atoms with Gasteiger partial charge >= 0.3 is 6.61 Å². The highest BCUT2D eigenvalue weighted by atomic mass is 19.3. The molecule has 0 atom stereocenters. The van der Waals surface area contributed by atoms with Crippen LogP contribution in [0.25, 0.3) is 0 Å². The number of carbonyl (C=O) groups is 1. The van der Waals surface area contributed by atoms with E-state index in [9.17, 15) is 13.6 Å². The largest absolute Gasteiger partial charge is 0.435 e. The van der Waals surface area contributed by atoms with Gasteiger partial charge in [0.25, 0.3) is 5.91 Å². The molecule has 0 bridgehead atoms. The Hall–Kier alpha value is -2.44. The van der Waals surface area contributed by atoms with Crippen molar-refractivity contribution in [2.45, 2.75) is 32.0 Å². The second-order valence-corrected chi connectivity index (χ2v) is 5.52. The lowest BCUT2D eigenvalue weighted by atomic mass is 10.2. The van der Waals surface area contributed by atoms with Crippen molar-refractivity contribution in [2.24, 2.45) is 7.05 Å². The molecule has 1 aromatic heterocycles. The number of halogens is 2. The number of aryl methyl sites for hydroxylation is 1. The Morgan fingerprint density at radius 2 is 2.26 bits per heavy atom. The quantitative estimate of drug-likeness (QED) is 0.822. The standard InChI is InChI=1S/C16H17F2N3O2/c1-20-8-7-19-14(20)10-21(12-5-6-12)15(22)11-3-2-4-13(9-11)23-16(17)18/h2-4,7-9,12,16H,5-6,10H2,1H3. The lowest BCUT2D eigenvalue weighted by Gasteiger charge is -2.22. The Kier molecular flexibility index (Phi) is 4.27. The molecule has 2 aromatic rings. The number of imidazole rings is 1. The molecular weight excluding hydrogens is 304 g/mol. The molecule has 0 unspecified atom stereocenters. The molecule has 5 nitrogen and oxygen atoms in total. The van der Waals surface area contributed by atoms with E-state index < -0.39 is 6.61 Å². The number of ether oxygens (including phenoxy) is 1. The van der Waals surface area contributed by atoms with Crippen LogP contribution in [0.15, 0.2) is 36.7 Å². The molecule has 1 aliphatic rings. The van der Waals surface area contributed by atoms with Gasteiger partial charge in [-0.05, 0) is 31.0 Å². The molecule has 23 heavy (non-hydrogen) atoms. The number of alkyl halides is 2. The number of benzene rings is 1. The average molecular weight is 321 g/mol. The number of nitrogens with zero attached hydrogens (tertiary/aromatic N) is 3. The zero-order valence-electron chi connectivity index (χ0n) is 12.7. The predicted molar refractivity (Wildman–Crippen MR) is 79.2 cm³/mol. The summed E-state index contributed by atoms with van der Waals surface area (Å²) >= 11 is 0. The molecule has 1 amide bonds. The van der Waals surface area contributed by atoms with E-state index in [0.29, 0.717) is 12.1 Å². The van der Waals surface area contributed by atoms with E-state index in [4.69, 9.17) is 0 Å². The maximum atomic E-state index is 12.7. The van der Waals surface area contributed by atoms with Crippen molar-refractivity contribution in [2.75, 3.05) is 0 Å². The van der Waals surface area contributed by atoms with Crippen LogP contribution in [-0.4, -0.2) is 33.0 Å². The number of rotatable bonds is 6. The Balaban J connectivity index is 1.80. The van der Waals surface area contributed by atoms with Gasteiger partial charge in [-0.15, -0.1) is 0 Å². The first-order valence-corrected chi connectivity index (χ1v) is 7.36. The van der Waals surface area contributed by atoms with Gasteiger partial charge in [-0.3, -0.25) is 4.79 Å². The van der Waals surface area contributed by atoms with E-state index in [1.54, 1.807) is 17.2 Å². The number of amides is 1. The van der Waals surface area contributed by atoms with Crippen LogP contribution in [0, 0.1) is 0 Å². The summed E-state index contributed by atoms with van der Waals surface area (Å²) in [5, 5.41) is 0. The van der Waals surface area contributed by atoms with Gasteiger partial charge in [0.15, 0.2) is 0 Å². The molecule has 122 valence electrons. The van der Waals surface area contributed by atoms with Crippen LogP contribution >= 0.6 is 0 Å². The fourth-order valence-corrected chi connectivity index (χ4v) is 2.43. The minimum absolute atomic E-state index is 0.0152. The summed E-state index contributed by atoms with van der Waals surface area (Å²) in [6, 6.07) is 6.08. The smallest absolute Gasteiger partial charge is 0.387 e. The minimum Gasteiger partial charge on any atom is -0.435 e. The highest BCUT2D eigenvalue weighted by Gasteiger charge is 2.34. The summed E-state index contributed by atoms with van der Waals surface area (Å²) in [4.78, 5) is 18.7. The Morgan fingerprint density at radius 1 is 1.48 bits per heavy atom. The van der Waals surface area contributed by atoms with E-state index in [2.05, 4.69) is 9.72 Å². The van der Waals surface area contributed by atoms with Crippen LogP contribution in [0.3, 0.4) is 0 Å². The molecule has 0 saturated heterocycles. The summed E-state index contributed by atoms with van der Waals surface area (Å²) in [5.74, 6) is 0.569. The van der Waals surface area contributed by atoms with Crippen molar-refractivity contribution in [3.8, 4) is 5.75 Å². The first-order valence-electron chi connectivity index (χ1n) is 7.36. The maximum Gasteiger partial charge on any atom is 0.387 e. The maximum absolute atomic E-state index is 12.7. The van der Waals surface area contributed by atoms with E-state index in [1.165, 1.54) is 18.2 Å². The summed E-state index contributed by atoms with van der Waals surface area (Å²) < 4.78 is 30.9. The highest BCUT2D eigenvalue weighted by Crippen LogP contribution is 2.30. The minimum atomic E-state index is -2.91. The molecule has 0 radical (unpaired) electrons. The molecule has 1 fully saturated rings. The van der Waals surface area contributed by atoms with E-state index in [-0.39, 0.29) is 17.7 Å². The van der Waals surface area contributed by atoms with Gasteiger partial charge in [0.05, 0.1) is 6.54 Å². The molecule has 7 heteroatoms. The number of hydrogen-bond acceptors (Lipinski definition) is 3. The van der Waals surface area contributed by atoms with Crippen molar-refractivity contribution in [3.63, 3.8) is 0 Å². The zero-order valence-corrected chi connectivity index (χ0v) is 12.7. The molecule has 1 heterocycles. The predicted octanol–water partition coefficient (Wildman–Crippen LogP) is 2.83. The van der Waals surface area contributed by atoms with Gasteiger partial charge in [-0.25, -0.2) is 4.98 Å².